The van der Waals surface area contributed by atoms with Crippen LogP contribution in [0.2, 0.25) is 0 Å². The van der Waals surface area contributed by atoms with Crippen LogP contribution < -0.4 is 41.4 Å². The van der Waals surface area contributed by atoms with Crippen molar-refractivity contribution in [1.29, 1.82) is 0 Å². The Kier molecular flexibility index (Phi) is 22.0. The number of aliphatic hydroxyl groups is 1. The molecule has 15 nitrogen and oxygen atoms in total. The molecule has 0 saturated carbocycles. The third kappa shape index (κ3) is 17.5. The smallest absolute Gasteiger partial charge is 0.251 e. The molecule has 15 heteroatoms. The Hall–Kier alpha value is -6.22. The first-order chi connectivity index (χ1) is 32.5. The van der Waals surface area contributed by atoms with Crippen molar-refractivity contribution in [3.63, 3.8) is 0 Å². The number of methoxy groups -OCH3 is 1. The Labute approximate surface area is 402 Å². The van der Waals surface area contributed by atoms with Crippen molar-refractivity contribution >= 4 is 46.1 Å². The van der Waals surface area contributed by atoms with Gasteiger partial charge in [-0.15, -0.1) is 0 Å². The highest BCUT2D eigenvalue weighted by Crippen LogP contribution is 2.29. The number of fused-ring (bicyclic) bond motifs is 1. The Bertz CT molecular complexity index is 2230. The summed E-state index contributed by atoms with van der Waals surface area (Å²) in [5.74, 6) is -0.0632. The van der Waals surface area contributed by atoms with Crippen molar-refractivity contribution in [1.82, 2.24) is 31.6 Å². The molecule has 0 bridgehead atoms. The predicted octanol–water partition coefficient (Wildman–Crippen LogP) is 7.92. The SMILES string of the molecule is CCCCNC(=O)C[C@H](O)[C@H](CC(C)C)NC(=O)[C@@H](NC(=O)c1ccc(Oc2ccc(C(=O)N[C@@H](CC(C)C)C(=O)NCCCC(C)Nc3cc(OC)cc4cccnc34)cc2)cc1)C(C)CC. The topological polar surface area (TPSA) is 209 Å². The summed E-state index contributed by atoms with van der Waals surface area (Å²) in [6.45, 7) is 16.9. The standard InChI is InChI=1S/C53H75N7O8/c1-10-12-25-54-47(62)32-46(61)43(28-33(3)4)58-53(66)48(35(7)11-2)60-51(64)38-19-23-41(24-20-38)68-40-21-17-37(18-22-40)50(63)59-45(29-34(5)6)52(65)56-27-13-15-36(8)57-44-31-42(67-9)30-39-16-14-26-55-49(39)44/h14,16-24,26,30-31,33-36,43,45-46,48,57,61H,10-13,15,25,27-29,32H2,1-9H3,(H,54,62)(H,56,65)(H,58,66)(H,59,63)(H,60,64)/t35?,36?,43-,45-,46-,48-/m0/s1. The number of carbonyl (C=O) groups excluding carboxylic acids is 5. The third-order valence-corrected chi connectivity index (χ3v) is 11.8. The molecule has 7 N–H and O–H groups in total. The number of anilines is 1. The van der Waals surface area contributed by atoms with Crippen LogP contribution >= 0.6 is 0 Å². The molecule has 0 radical (unpaired) electrons. The molecular formula is C53H75N7O8. The number of hydrogen-bond acceptors (Lipinski definition) is 10. The molecule has 6 atom stereocenters. The molecule has 0 saturated heterocycles. The van der Waals surface area contributed by atoms with Gasteiger partial charge in [0.1, 0.15) is 29.3 Å². The maximum absolute atomic E-state index is 13.7. The maximum Gasteiger partial charge on any atom is 0.251 e. The van der Waals surface area contributed by atoms with Crippen LogP contribution in [0.5, 0.6) is 17.2 Å². The van der Waals surface area contributed by atoms with Crippen LogP contribution in [0.3, 0.4) is 0 Å². The minimum atomic E-state index is -1.09. The number of rotatable bonds is 28. The van der Waals surface area contributed by atoms with E-state index in [0.717, 1.165) is 48.0 Å². The molecule has 68 heavy (non-hydrogen) atoms. The van der Waals surface area contributed by atoms with Crippen molar-refractivity contribution in [2.45, 2.75) is 137 Å². The van der Waals surface area contributed by atoms with Crippen LogP contribution in [0.1, 0.15) is 127 Å². The number of ether oxygens (including phenoxy) is 2. The molecule has 5 amide bonds. The molecule has 4 aromatic rings. The van der Waals surface area contributed by atoms with Crippen molar-refractivity contribution in [3.05, 3.63) is 90.1 Å². The van der Waals surface area contributed by atoms with E-state index in [0.29, 0.717) is 55.0 Å². The van der Waals surface area contributed by atoms with E-state index in [4.69, 9.17) is 9.47 Å². The van der Waals surface area contributed by atoms with Crippen LogP contribution in [0.15, 0.2) is 79.0 Å². The number of hydrogen-bond donors (Lipinski definition) is 7. The second-order valence-electron chi connectivity index (χ2n) is 18.6. The van der Waals surface area contributed by atoms with Gasteiger partial charge in [-0.25, -0.2) is 0 Å². The number of amides is 5. The summed E-state index contributed by atoms with van der Waals surface area (Å²) in [5.41, 5.74) is 2.43. The molecule has 1 heterocycles. The van der Waals surface area contributed by atoms with Crippen molar-refractivity contribution in [3.8, 4) is 17.2 Å². The number of carbonyl (C=O) groups is 5. The molecule has 4 rings (SSSR count). The molecule has 1 aromatic heterocycles. The second-order valence-corrected chi connectivity index (χ2v) is 18.6. The zero-order valence-electron chi connectivity index (χ0n) is 41.4. The normalized spacial score (nSPS) is 13.9. The van der Waals surface area contributed by atoms with E-state index in [2.05, 4.69) is 43.8 Å². The predicted molar refractivity (Wildman–Crippen MR) is 268 cm³/mol. The fourth-order valence-electron chi connectivity index (χ4n) is 7.73. The van der Waals surface area contributed by atoms with Crippen LogP contribution in [-0.2, 0) is 14.4 Å². The van der Waals surface area contributed by atoms with E-state index in [1.54, 1.807) is 61.8 Å². The van der Waals surface area contributed by atoms with Gasteiger partial charge in [-0.2, -0.15) is 0 Å². The minimum absolute atomic E-state index is 0.0991. The van der Waals surface area contributed by atoms with E-state index in [1.807, 2.05) is 72.7 Å². The molecule has 0 aliphatic carbocycles. The second kappa shape index (κ2) is 27.6. The molecular weight excluding hydrogens is 863 g/mol. The molecule has 0 spiro atoms. The Morgan fingerprint density at radius 2 is 1.32 bits per heavy atom. The van der Waals surface area contributed by atoms with Gasteiger partial charge < -0.3 is 46.5 Å². The van der Waals surface area contributed by atoms with Gasteiger partial charge >= 0.3 is 0 Å². The van der Waals surface area contributed by atoms with Crippen LogP contribution in [0.4, 0.5) is 5.69 Å². The summed E-state index contributed by atoms with van der Waals surface area (Å²) in [4.78, 5) is 70.9. The average molecular weight is 938 g/mol. The first kappa shape index (κ1) is 54.4. The highest BCUT2D eigenvalue weighted by atomic mass is 16.5. The molecule has 370 valence electrons. The molecule has 0 aliphatic heterocycles. The van der Waals surface area contributed by atoms with Crippen molar-refractivity contribution in [2.24, 2.45) is 17.8 Å². The average Bonchev–Trinajstić information content (AvgIpc) is 3.31. The van der Waals surface area contributed by atoms with E-state index < -0.39 is 36.0 Å². The van der Waals surface area contributed by atoms with Gasteiger partial charge in [-0.1, -0.05) is 67.4 Å². The number of unbranched alkanes of at least 4 members (excludes halogenated alkanes) is 1. The zero-order chi connectivity index (χ0) is 49.8. The van der Waals surface area contributed by atoms with E-state index >= 15 is 0 Å². The Morgan fingerprint density at radius 3 is 1.91 bits per heavy atom. The van der Waals surface area contributed by atoms with E-state index in [1.165, 1.54) is 0 Å². The fraction of sp³-hybridized carbons (Fsp3) is 0.509. The fourth-order valence-corrected chi connectivity index (χ4v) is 7.73. The van der Waals surface area contributed by atoms with Crippen LogP contribution in [0.25, 0.3) is 10.9 Å². The number of aromatic nitrogens is 1. The summed E-state index contributed by atoms with van der Waals surface area (Å²) >= 11 is 0. The number of nitrogens with one attached hydrogen (secondary N) is 6. The monoisotopic (exact) mass is 938 g/mol. The number of benzene rings is 3. The highest BCUT2D eigenvalue weighted by molar-refractivity contribution is 5.98. The lowest BCUT2D eigenvalue weighted by molar-refractivity contribution is -0.128. The maximum atomic E-state index is 13.7. The Morgan fingerprint density at radius 1 is 0.706 bits per heavy atom. The van der Waals surface area contributed by atoms with Gasteiger partial charge in [-0.05, 0) is 117 Å². The third-order valence-electron chi connectivity index (χ3n) is 11.8. The molecule has 0 fully saturated rings. The number of aliphatic hydroxyl groups excluding tert-OH is 1. The van der Waals surface area contributed by atoms with E-state index in [-0.39, 0.29) is 47.9 Å². The lowest BCUT2D eigenvalue weighted by Crippen LogP contribution is -2.55. The van der Waals surface area contributed by atoms with Crippen LogP contribution in [-0.4, -0.2) is 90.1 Å². The van der Waals surface area contributed by atoms with Gasteiger partial charge in [0.25, 0.3) is 11.8 Å². The first-order valence-electron chi connectivity index (χ1n) is 24.2. The summed E-state index contributed by atoms with van der Waals surface area (Å²) in [5, 5.41) is 30.1. The molecule has 0 aliphatic rings. The quantitative estimate of drug-likeness (QED) is 0.0274. The zero-order valence-corrected chi connectivity index (χ0v) is 41.4. The van der Waals surface area contributed by atoms with Gasteiger partial charge in [0, 0.05) is 47.9 Å². The summed E-state index contributed by atoms with van der Waals surface area (Å²) in [6, 6.07) is 18.6. The Balaban J connectivity index is 1.29. The minimum Gasteiger partial charge on any atom is -0.497 e. The van der Waals surface area contributed by atoms with Gasteiger partial charge in [-0.3, -0.25) is 29.0 Å². The van der Waals surface area contributed by atoms with E-state index in [9.17, 15) is 29.1 Å². The van der Waals surface area contributed by atoms with Gasteiger partial charge in [0.05, 0.1) is 36.9 Å². The van der Waals surface area contributed by atoms with Crippen molar-refractivity contribution in [2.75, 3.05) is 25.5 Å². The summed E-state index contributed by atoms with van der Waals surface area (Å²) < 4.78 is 11.5. The highest BCUT2D eigenvalue weighted by Gasteiger charge is 2.31. The molecule has 2 unspecified atom stereocenters. The van der Waals surface area contributed by atoms with Crippen LogP contribution in [0, 0.1) is 17.8 Å². The summed E-state index contributed by atoms with van der Waals surface area (Å²) in [7, 11) is 1.64. The lowest BCUT2D eigenvalue weighted by Gasteiger charge is -2.30. The lowest BCUT2D eigenvalue weighted by atomic mass is 9.94. The first-order valence-corrected chi connectivity index (χ1v) is 24.2. The largest absolute Gasteiger partial charge is 0.497 e. The molecule has 3 aromatic carbocycles. The van der Waals surface area contributed by atoms with Crippen molar-refractivity contribution < 1.29 is 38.6 Å². The van der Waals surface area contributed by atoms with Gasteiger partial charge in [0.15, 0.2) is 0 Å². The number of nitrogens with zero attached hydrogens (tertiary/aromatic N) is 1. The van der Waals surface area contributed by atoms with Gasteiger partial charge in [0.2, 0.25) is 17.7 Å². The number of pyridine rings is 1. The summed E-state index contributed by atoms with van der Waals surface area (Å²) in [6.07, 6.45) is 5.35.